The molecule has 0 bridgehead atoms. The highest BCUT2D eigenvalue weighted by molar-refractivity contribution is 7.83. The fraction of sp³-hybridized carbons (Fsp3) is 0.250. The number of pyridine rings is 1. The third-order valence-corrected chi connectivity index (χ3v) is 3.91. The van der Waals surface area contributed by atoms with E-state index in [1.807, 2.05) is 6.07 Å². The Hall–Kier alpha value is -2.21. The zero-order valence-electron chi connectivity index (χ0n) is 12.8. The summed E-state index contributed by atoms with van der Waals surface area (Å²) in [4.78, 5) is 18.1. The molecule has 0 saturated heterocycles. The molecule has 2 rings (SSSR count). The summed E-state index contributed by atoms with van der Waals surface area (Å²) in [5.74, 6) is 0.794. The number of nitrogens with zero attached hydrogens (tertiary/aromatic N) is 2. The number of rotatable bonds is 5. The lowest BCUT2D eigenvalue weighted by molar-refractivity contribution is 0.0993. The SMILES string of the molecule is COc1ccc(N(C)C(=O)c2cccc(C[S@@](C)=O)c2)cn1. The molecule has 1 amide bonds. The fourth-order valence-electron chi connectivity index (χ4n) is 2.03. The maximum atomic E-state index is 12.5. The monoisotopic (exact) mass is 318 g/mol. The van der Waals surface area contributed by atoms with Crippen LogP contribution in [-0.2, 0) is 16.6 Å². The molecular weight excluding hydrogens is 300 g/mol. The number of anilines is 1. The molecule has 0 fully saturated rings. The Morgan fingerprint density at radius 2 is 2.09 bits per heavy atom. The van der Waals surface area contributed by atoms with Crippen molar-refractivity contribution in [3.63, 3.8) is 0 Å². The number of methoxy groups -OCH3 is 1. The molecule has 0 aliphatic carbocycles. The van der Waals surface area contributed by atoms with E-state index in [0.717, 1.165) is 5.56 Å². The van der Waals surface area contributed by atoms with Gasteiger partial charge in [0.1, 0.15) is 0 Å². The number of ether oxygens (including phenoxy) is 1. The molecule has 0 spiro atoms. The van der Waals surface area contributed by atoms with Gasteiger partial charge in [-0.15, -0.1) is 0 Å². The number of benzene rings is 1. The molecular formula is C16H18N2O3S. The van der Waals surface area contributed by atoms with E-state index >= 15 is 0 Å². The summed E-state index contributed by atoms with van der Waals surface area (Å²) in [6.45, 7) is 0. The normalized spacial score (nSPS) is 11.8. The molecule has 22 heavy (non-hydrogen) atoms. The van der Waals surface area contributed by atoms with Gasteiger partial charge in [0.05, 0.1) is 19.0 Å². The van der Waals surface area contributed by atoms with Crippen molar-refractivity contribution in [3.05, 3.63) is 53.7 Å². The van der Waals surface area contributed by atoms with E-state index in [1.165, 1.54) is 4.90 Å². The molecule has 5 nitrogen and oxygen atoms in total. The lowest BCUT2D eigenvalue weighted by atomic mass is 10.1. The van der Waals surface area contributed by atoms with Crippen molar-refractivity contribution in [1.29, 1.82) is 0 Å². The van der Waals surface area contributed by atoms with Gasteiger partial charge in [0, 0.05) is 41.5 Å². The Bertz CT molecular complexity index is 686. The third-order valence-electron chi connectivity index (χ3n) is 3.17. The highest BCUT2D eigenvalue weighted by Crippen LogP contribution is 2.18. The third kappa shape index (κ3) is 3.92. The summed E-state index contributed by atoms with van der Waals surface area (Å²) in [7, 11) is 2.30. The van der Waals surface area contributed by atoms with Crippen LogP contribution in [-0.4, -0.2) is 35.5 Å². The molecule has 1 aromatic heterocycles. The van der Waals surface area contributed by atoms with Crippen molar-refractivity contribution < 1.29 is 13.7 Å². The van der Waals surface area contributed by atoms with Crippen molar-refractivity contribution in [3.8, 4) is 5.88 Å². The van der Waals surface area contributed by atoms with Crippen molar-refractivity contribution >= 4 is 22.4 Å². The molecule has 6 heteroatoms. The van der Waals surface area contributed by atoms with Crippen LogP contribution in [0.3, 0.4) is 0 Å². The average molecular weight is 318 g/mol. The van der Waals surface area contributed by atoms with Crippen molar-refractivity contribution in [2.45, 2.75) is 5.75 Å². The summed E-state index contributed by atoms with van der Waals surface area (Å²) in [5.41, 5.74) is 2.12. The van der Waals surface area contributed by atoms with Crippen LogP contribution >= 0.6 is 0 Å². The van der Waals surface area contributed by atoms with Crippen LogP contribution < -0.4 is 9.64 Å². The van der Waals surface area contributed by atoms with E-state index in [4.69, 9.17) is 4.74 Å². The zero-order chi connectivity index (χ0) is 16.1. The highest BCUT2D eigenvalue weighted by atomic mass is 32.2. The van der Waals surface area contributed by atoms with Gasteiger partial charge >= 0.3 is 0 Å². The molecule has 0 unspecified atom stereocenters. The predicted octanol–water partition coefficient (Wildman–Crippen LogP) is 2.25. The number of aromatic nitrogens is 1. The lowest BCUT2D eigenvalue weighted by Crippen LogP contribution is -2.26. The Morgan fingerprint density at radius 3 is 2.68 bits per heavy atom. The molecule has 0 N–H and O–H groups in total. The minimum absolute atomic E-state index is 0.143. The van der Waals surface area contributed by atoms with Gasteiger partial charge in [-0.1, -0.05) is 12.1 Å². The molecule has 0 aliphatic heterocycles. The van der Waals surface area contributed by atoms with Crippen LogP contribution in [0.4, 0.5) is 5.69 Å². The number of carbonyl (C=O) groups excluding carboxylic acids is 1. The van der Waals surface area contributed by atoms with E-state index in [0.29, 0.717) is 22.9 Å². The minimum Gasteiger partial charge on any atom is -0.481 e. The lowest BCUT2D eigenvalue weighted by Gasteiger charge is -2.17. The second-order valence-electron chi connectivity index (χ2n) is 4.84. The predicted molar refractivity (Wildman–Crippen MR) is 87.7 cm³/mol. The topological polar surface area (TPSA) is 59.5 Å². The summed E-state index contributed by atoms with van der Waals surface area (Å²) in [6.07, 6.45) is 3.23. The number of hydrogen-bond acceptors (Lipinski definition) is 4. The van der Waals surface area contributed by atoms with Crippen LogP contribution in [0.5, 0.6) is 5.88 Å². The smallest absolute Gasteiger partial charge is 0.258 e. The zero-order valence-corrected chi connectivity index (χ0v) is 13.6. The van der Waals surface area contributed by atoms with Crippen LogP contribution in [0.15, 0.2) is 42.6 Å². The molecule has 2 aromatic rings. The Labute approximate surface area is 132 Å². The number of amides is 1. The van der Waals surface area contributed by atoms with Gasteiger partial charge in [0.15, 0.2) is 0 Å². The van der Waals surface area contributed by atoms with Crippen molar-refractivity contribution in [1.82, 2.24) is 4.98 Å². The van der Waals surface area contributed by atoms with Crippen molar-refractivity contribution in [2.75, 3.05) is 25.3 Å². The van der Waals surface area contributed by atoms with Crippen LogP contribution in [0.1, 0.15) is 15.9 Å². The van der Waals surface area contributed by atoms with E-state index in [1.54, 1.807) is 56.9 Å². The average Bonchev–Trinajstić information content (AvgIpc) is 2.53. The van der Waals surface area contributed by atoms with Crippen LogP contribution in [0, 0.1) is 0 Å². The summed E-state index contributed by atoms with van der Waals surface area (Å²) >= 11 is 0. The second kappa shape index (κ2) is 7.17. The van der Waals surface area contributed by atoms with Gasteiger partial charge in [0.2, 0.25) is 5.88 Å². The summed E-state index contributed by atoms with van der Waals surface area (Å²) in [5, 5.41) is 0. The first-order valence-electron chi connectivity index (χ1n) is 6.68. The van der Waals surface area contributed by atoms with Gasteiger partial charge in [0.25, 0.3) is 5.91 Å². The van der Waals surface area contributed by atoms with E-state index in [9.17, 15) is 9.00 Å². The van der Waals surface area contributed by atoms with Crippen molar-refractivity contribution in [2.24, 2.45) is 0 Å². The minimum atomic E-state index is -0.937. The maximum absolute atomic E-state index is 12.5. The second-order valence-corrected chi connectivity index (χ2v) is 6.28. The maximum Gasteiger partial charge on any atom is 0.258 e. The van der Waals surface area contributed by atoms with Gasteiger partial charge in [-0.3, -0.25) is 9.00 Å². The van der Waals surface area contributed by atoms with E-state index in [2.05, 4.69) is 4.98 Å². The first kappa shape index (κ1) is 16.2. The van der Waals surface area contributed by atoms with E-state index in [-0.39, 0.29) is 5.91 Å². The first-order valence-corrected chi connectivity index (χ1v) is 8.41. The number of hydrogen-bond donors (Lipinski definition) is 0. The van der Waals surface area contributed by atoms with Gasteiger partial charge in [-0.25, -0.2) is 4.98 Å². The highest BCUT2D eigenvalue weighted by Gasteiger charge is 2.14. The quantitative estimate of drug-likeness (QED) is 0.848. The molecule has 0 aliphatic rings. The number of carbonyl (C=O) groups is 1. The molecule has 116 valence electrons. The summed E-state index contributed by atoms with van der Waals surface area (Å²) < 4.78 is 16.3. The molecule has 1 heterocycles. The van der Waals surface area contributed by atoms with Gasteiger partial charge in [-0.05, 0) is 23.8 Å². The Kier molecular flexibility index (Phi) is 5.27. The fourth-order valence-corrected chi connectivity index (χ4v) is 2.68. The Morgan fingerprint density at radius 1 is 1.32 bits per heavy atom. The van der Waals surface area contributed by atoms with E-state index < -0.39 is 10.8 Å². The standard InChI is InChI=1S/C16H18N2O3S/c1-18(14-7-8-15(21-2)17-10-14)16(19)13-6-4-5-12(9-13)11-22(3)20/h4-10H,11H2,1-3H3/t22-/m1/s1. The van der Waals surface area contributed by atoms with Gasteiger partial charge < -0.3 is 9.64 Å². The van der Waals surface area contributed by atoms with Gasteiger partial charge in [-0.2, -0.15) is 0 Å². The van der Waals surface area contributed by atoms with Crippen LogP contribution in [0.25, 0.3) is 0 Å². The largest absolute Gasteiger partial charge is 0.481 e. The summed E-state index contributed by atoms with van der Waals surface area (Å²) in [6, 6.07) is 10.7. The molecule has 1 aromatic carbocycles. The first-order chi connectivity index (χ1) is 10.5. The molecule has 0 radical (unpaired) electrons. The molecule has 0 saturated carbocycles. The van der Waals surface area contributed by atoms with Crippen LogP contribution in [0.2, 0.25) is 0 Å². The Balaban J connectivity index is 2.20. The molecule has 1 atom stereocenters.